The highest BCUT2D eigenvalue weighted by Crippen LogP contribution is 2.33. The van der Waals surface area contributed by atoms with Crippen LogP contribution < -0.4 is 5.32 Å². The van der Waals surface area contributed by atoms with Gasteiger partial charge in [0.25, 0.3) is 0 Å². The standard InChI is InChI=1S/C16H24FNO/c1-15(2,3)13(18-14(19)16(4,5)6)11-7-9-12(17)10-8-11/h7-10,13H,1-6H3,(H,18,19). The second kappa shape index (κ2) is 5.32. The lowest BCUT2D eigenvalue weighted by molar-refractivity contribution is -0.130. The molecule has 1 rings (SSSR count). The zero-order valence-electron chi connectivity index (χ0n) is 12.7. The normalized spacial score (nSPS) is 14.1. The number of halogens is 1. The van der Waals surface area contributed by atoms with Crippen molar-refractivity contribution in [3.05, 3.63) is 35.6 Å². The van der Waals surface area contributed by atoms with Crippen molar-refractivity contribution in [3.63, 3.8) is 0 Å². The van der Waals surface area contributed by atoms with E-state index in [1.165, 1.54) is 12.1 Å². The molecule has 0 spiro atoms. The van der Waals surface area contributed by atoms with Gasteiger partial charge in [-0.25, -0.2) is 4.39 Å². The second-order valence-electron chi connectivity index (χ2n) is 7.07. The molecule has 2 nitrogen and oxygen atoms in total. The number of amides is 1. The van der Waals surface area contributed by atoms with Crippen molar-refractivity contribution in [2.45, 2.75) is 47.6 Å². The van der Waals surface area contributed by atoms with Gasteiger partial charge < -0.3 is 5.32 Å². The van der Waals surface area contributed by atoms with Crippen molar-refractivity contribution in [3.8, 4) is 0 Å². The van der Waals surface area contributed by atoms with Gasteiger partial charge in [0.2, 0.25) is 5.91 Å². The van der Waals surface area contributed by atoms with E-state index in [1.807, 2.05) is 20.8 Å². The van der Waals surface area contributed by atoms with E-state index >= 15 is 0 Å². The molecular weight excluding hydrogens is 241 g/mol. The SMILES string of the molecule is CC(C)(C)C(=O)NC(c1ccc(F)cc1)C(C)(C)C. The molecule has 0 radical (unpaired) electrons. The van der Waals surface area contributed by atoms with Crippen LogP contribution in [0.4, 0.5) is 4.39 Å². The minimum absolute atomic E-state index is 0.00301. The summed E-state index contributed by atoms with van der Waals surface area (Å²) in [6.45, 7) is 11.8. The molecule has 0 aromatic heterocycles. The Morgan fingerprint density at radius 2 is 1.53 bits per heavy atom. The summed E-state index contributed by atoms with van der Waals surface area (Å²) in [4.78, 5) is 12.2. The van der Waals surface area contributed by atoms with Gasteiger partial charge in [-0.1, -0.05) is 53.7 Å². The summed E-state index contributed by atoms with van der Waals surface area (Å²) in [5.74, 6) is -0.268. The van der Waals surface area contributed by atoms with Gasteiger partial charge in [0, 0.05) is 5.41 Å². The van der Waals surface area contributed by atoms with Crippen LogP contribution in [0.5, 0.6) is 0 Å². The van der Waals surface area contributed by atoms with Crippen molar-refractivity contribution in [2.24, 2.45) is 10.8 Å². The summed E-state index contributed by atoms with van der Waals surface area (Å²) in [5.41, 5.74) is 0.342. The monoisotopic (exact) mass is 265 g/mol. The fraction of sp³-hybridized carbons (Fsp3) is 0.562. The fourth-order valence-electron chi connectivity index (χ4n) is 1.80. The van der Waals surface area contributed by atoms with Crippen LogP contribution in [0.1, 0.15) is 53.1 Å². The highest BCUT2D eigenvalue weighted by molar-refractivity contribution is 5.81. The highest BCUT2D eigenvalue weighted by Gasteiger charge is 2.31. The summed E-state index contributed by atoms with van der Waals surface area (Å²) in [6.07, 6.45) is 0. The number of hydrogen-bond acceptors (Lipinski definition) is 1. The Balaban J connectivity index is 3.04. The summed E-state index contributed by atoms with van der Waals surface area (Å²) < 4.78 is 13.0. The van der Waals surface area contributed by atoms with E-state index < -0.39 is 5.41 Å². The lowest BCUT2D eigenvalue weighted by Crippen LogP contribution is -2.42. The average molecular weight is 265 g/mol. The molecule has 1 aromatic carbocycles. The van der Waals surface area contributed by atoms with Crippen molar-refractivity contribution < 1.29 is 9.18 Å². The molecule has 19 heavy (non-hydrogen) atoms. The van der Waals surface area contributed by atoms with Crippen LogP contribution >= 0.6 is 0 Å². The molecule has 106 valence electrons. The second-order valence-corrected chi connectivity index (χ2v) is 7.07. The topological polar surface area (TPSA) is 29.1 Å². The average Bonchev–Trinajstić information content (AvgIpc) is 2.24. The number of nitrogens with one attached hydrogen (secondary N) is 1. The third-order valence-corrected chi connectivity index (χ3v) is 3.03. The smallest absolute Gasteiger partial charge is 0.225 e. The first-order valence-corrected chi connectivity index (χ1v) is 6.58. The van der Waals surface area contributed by atoms with Gasteiger partial charge >= 0.3 is 0 Å². The molecule has 1 atom stereocenters. The fourth-order valence-corrected chi connectivity index (χ4v) is 1.80. The lowest BCUT2D eigenvalue weighted by Gasteiger charge is -2.34. The zero-order valence-corrected chi connectivity index (χ0v) is 12.7. The molecular formula is C16H24FNO. The molecule has 0 saturated carbocycles. The Morgan fingerprint density at radius 1 is 1.05 bits per heavy atom. The van der Waals surface area contributed by atoms with E-state index in [0.29, 0.717) is 0 Å². The number of benzene rings is 1. The predicted octanol–water partition coefficient (Wildman–Crippen LogP) is 4.08. The maximum Gasteiger partial charge on any atom is 0.225 e. The van der Waals surface area contributed by atoms with Gasteiger partial charge in [-0.2, -0.15) is 0 Å². The molecule has 1 N–H and O–H groups in total. The van der Waals surface area contributed by atoms with Crippen LogP contribution in [-0.4, -0.2) is 5.91 Å². The van der Waals surface area contributed by atoms with Crippen molar-refractivity contribution in [1.29, 1.82) is 0 Å². The first-order chi connectivity index (χ1) is 8.51. The van der Waals surface area contributed by atoms with Crippen LogP contribution in [0.15, 0.2) is 24.3 Å². The lowest BCUT2D eigenvalue weighted by atomic mass is 9.81. The van der Waals surface area contributed by atoms with E-state index in [9.17, 15) is 9.18 Å². The summed E-state index contributed by atoms with van der Waals surface area (Å²) >= 11 is 0. The molecule has 0 aliphatic carbocycles. The van der Waals surface area contributed by atoms with Crippen LogP contribution in [0, 0.1) is 16.6 Å². The van der Waals surface area contributed by atoms with Gasteiger partial charge in [-0.15, -0.1) is 0 Å². The summed E-state index contributed by atoms with van der Waals surface area (Å²) in [6, 6.07) is 6.18. The Bertz CT molecular complexity index is 437. The van der Waals surface area contributed by atoms with Crippen LogP contribution in [-0.2, 0) is 4.79 Å². The van der Waals surface area contributed by atoms with E-state index in [1.54, 1.807) is 12.1 Å². The first kappa shape index (κ1) is 15.7. The van der Waals surface area contributed by atoms with Gasteiger partial charge in [-0.05, 0) is 23.1 Å². The molecule has 0 aliphatic rings. The Hall–Kier alpha value is -1.38. The molecule has 1 unspecified atom stereocenters. The van der Waals surface area contributed by atoms with E-state index in [2.05, 4.69) is 26.1 Å². The Morgan fingerprint density at radius 3 is 1.89 bits per heavy atom. The van der Waals surface area contributed by atoms with Crippen LogP contribution in [0.25, 0.3) is 0 Å². The summed E-state index contributed by atoms with van der Waals surface area (Å²) in [7, 11) is 0. The first-order valence-electron chi connectivity index (χ1n) is 6.58. The maximum absolute atomic E-state index is 13.0. The van der Waals surface area contributed by atoms with Crippen molar-refractivity contribution in [2.75, 3.05) is 0 Å². The molecule has 1 aromatic rings. The molecule has 0 aliphatic heterocycles. The molecule has 0 saturated heterocycles. The van der Waals surface area contributed by atoms with E-state index in [0.717, 1.165) is 5.56 Å². The molecule has 0 fully saturated rings. The molecule has 0 heterocycles. The minimum Gasteiger partial charge on any atom is -0.348 e. The predicted molar refractivity (Wildman–Crippen MR) is 76.2 cm³/mol. The number of rotatable bonds is 2. The van der Waals surface area contributed by atoms with Crippen molar-refractivity contribution in [1.82, 2.24) is 5.32 Å². The minimum atomic E-state index is -0.441. The number of carbonyl (C=O) groups is 1. The number of carbonyl (C=O) groups excluding carboxylic acids is 1. The van der Waals surface area contributed by atoms with Gasteiger partial charge in [0.05, 0.1) is 6.04 Å². The van der Waals surface area contributed by atoms with Gasteiger partial charge in [-0.3, -0.25) is 4.79 Å². The Kier molecular flexibility index (Phi) is 4.39. The van der Waals surface area contributed by atoms with Gasteiger partial charge in [0.15, 0.2) is 0 Å². The molecule has 0 bridgehead atoms. The van der Waals surface area contributed by atoms with Crippen LogP contribution in [0.3, 0.4) is 0 Å². The molecule has 1 amide bonds. The largest absolute Gasteiger partial charge is 0.348 e. The van der Waals surface area contributed by atoms with E-state index in [4.69, 9.17) is 0 Å². The summed E-state index contributed by atoms with van der Waals surface area (Å²) in [5, 5.41) is 3.07. The van der Waals surface area contributed by atoms with E-state index in [-0.39, 0.29) is 23.2 Å². The highest BCUT2D eigenvalue weighted by atomic mass is 19.1. The third-order valence-electron chi connectivity index (χ3n) is 3.03. The zero-order chi connectivity index (χ0) is 14.8. The van der Waals surface area contributed by atoms with Crippen molar-refractivity contribution >= 4 is 5.91 Å². The number of hydrogen-bond donors (Lipinski definition) is 1. The van der Waals surface area contributed by atoms with Gasteiger partial charge in [0.1, 0.15) is 5.82 Å². The quantitative estimate of drug-likeness (QED) is 0.858. The third kappa shape index (κ3) is 4.34. The Labute approximate surface area is 115 Å². The molecule has 3 heteroatoms. The van der Waals surface area contributed by atoms with Crippen LogP contribution in [0.2, 0.25) is 0 Å². The maximum atomic E-state index is 13.0.